The first-order valence-corrected chi connectivity index (χ1v) is 17.1. The maximum atomic E-state index is 13.6. The minimum absolute atomic E-state index is 0.149. The monoisotopic (exact) mass is 656 g/mol. The second-order valence-electron chi connectivity index (χ2n) is 17.1. The lowest BCUT2D eigenvalue weighted by Gasteiger charge is -2.35. The van der Waals surface area contributed by atoms with Crippen LogP contribution in [0.2, 0.25) is 0 Å². The van der Waals surface area contributed by atoms with Crippen LogP contribution < -0.4 is 0 Å². The van der Waals surface area contributed by atoms with Crippen LogP contribution in [0.15, 0.2) is 22.3 Å². The minimum atomic E-state index is -1.04. The van der Waals surface area contributed by atoms with Crippen molar-refractivity contribution in [2.24, 2.45) is 57.2 Å². The number of nitrogens with zero attached hydrogens (tertiary/aromatic N) is 3. The topological polar surface area (TPSA) is 134 Å². The third kappa shape index (κ3) is 3.98. The quantitative estimate of drug-likeness (QED) is 0.208. The number of carbonyl (C=O) groups excluding carboxylic acids is 4. The molecule has 2 heterocycles. The molecule has 2 N–H and O–H groups in total. The lowest BCUT2D eigenvalue weighted by Crippen LogP contribution is -2.52. The molecule has 0 aromatic carbocycles. The summed E-state index contributed by atoms with van der Waals surface area (Å²) < 4.78 is 0.154. The molecule has 0 radical (unpaired) electrons. The van der Waals surface area contributed by atoms with E-state index in [0.717, 1.165) is 10.1 Å². The summed E-state index contributed by atoms with van der Waals surface area (Å²) in [6.45, 7) is 20.6. The summed E-state index contributed by atoms with van der Waals surface area (Å²) >= 11 is 0. The molecular formula is C36H54N3O8+. The van der Waals surface area contributed by atoms with Gasteiger partial charge < -0.3 is 14.7 Å². The highest BCUT2D eigenvalue weighted by atomic mass is 16.7. The van der Waals surface area contributed by atoms with Crippen LogP contribution in [0.5, 0.6) is 0 Å². The number of aliphatic hydroxyl groups is 2. The Morgan fingerprint density at radius 3 is 1.06 bits per heavy atom. The Morgan fingerprint density at radius 1 is 0.596 bits per heavy atom. The van der Waals surface area contributed by atoms with Crippen molar-refractivity contribution >= 4 is 23.6 Å². The van der Waals surface area contributed by atoms with E-state index in [1.807, 2.05) is 14.1 Å². The normalized spacial score (nSPS) is 43.7. The summed E-state index contributed by atoms with van der Waals surface area (Å²) in [4.78, 5) is 65.7. The zero-order valence-corrected chi connectivity index (χ0v) is 30.1. The van der Waals surface area contributed by atoms with Gasteiger partial charge in [0.2, 0.25) is 0 Å². The van der Waals surface area contributed by atoms with E-state index in [2.05, 4.69) is 69.2 Å². The Hall–Kier alpha value is -2.44. The van der Waals surface area contributed by atoms with Crippen LogP contribution in [0.1, 0.15) is 69.2 Å². The SMILES string of the molecule is CC1=C(C)[C@]2(C)C3C(=O)N(OCC(O)C[N+](C)(C)CC(O)CON4C(=O)C5C(C4=O)[C@@]4(C)C(C)=C(C)[C@]5(C)C4C)C(=O)C3[C@@]1(C)C2C. The Balaban J connectivity index is 1.02. The first-order chi connectivity index (χ1) is 21.5. The fourth-order valence-corrected chi connectivity index (χ4v) is 11.8. The highest BCUT2D eigenvalue weighted by molar-refractivity contribution is 6.07. The van der Waals surface area contributed by atoms with Crippen LogP contribution in [0.3, 0.4) is 0 Å². The average Bonchev–Trinajstić information content (AvgIpc) is 3.61. The van der Waals surface area contributed by atoms with Gasteiger partial charge in [0.05, 0.1) is 37.8 Å². The fourth-order valence-electron chi connectivity index (χ4n) is 11.8. The molecule has 11 heteroatoms. The number of carbonyl (C=O) groups is 4. The number of hydrogen-bond acceptors (Lipinski definition) is 8. The van der Waals surface area contributed by atoms with Crippen molar-refractivity contribution in [2.45, 2.75) is 81.4 Å². The van der Waals surface area contributed by atoms with Gasteiger partial charge in [0.1, 0.15) is 38.5 Å². The van der Waals surface area contributed by atoms with Crippen molar-refractivity contribution in [1.82, 2.24) is 10.1 Å². The van der Waals surface area contributed by atoms with Crippen molar-refractivity contribution in [3.63, 3.8) is 0 Å². The second-order valence-corrected chi connectivity index (χ2v) is 17.1. The van der Waals surface area contributed by atoms with Gasteiger partial charge in [-0.2, -0.15) is 10.1 Å². The Labute approximate surface area is 278 Å². The van der Waals surface area contributed by atoms with Crippen LogP contribution in [0.25, 0.3) is 0 Å². The van der Waals surface area contributed by atoms with Crippen molar-refractivity contribution < 1.29 is 43.5 Å². The van der Waals surface area contributed by atoms with Gasteiger partial charge in [-0.3, -0.25) is 28.9 Å². The van der Waals surface area contributed by atoms with E-state index in [-0.39, 0.29) is 66.3 Å². The summed E-state index contributed by atoms with van der Waals surface area (Å²) in [6, 6.07) is 0. The molecule has 47 heavy (non-hydrogen) atoms. The highest BCUT2D eigenvalue weighted by Crippen LogP contribution is 2.75. The molecule has 2 saturated heterocycles. The minimum Gasteiger partial charge on any atom is -0.385 e. The maximum Gasteiger partial charge on any atom is 0.258 e. The molecule has 4 amide bonds. The predicted octanol–water partition coefficient (Wildman–Crippen LogP) is 2.87. The van der Waals surface area contributed by atoms with Gasteiger partial charge in [-0.05, 0) is 39.5 Å². The van der Waals surface area contributed by atoms with Crippen molar-refractivity contribution in [1.29, 1.82) is 0 Å². The second kappa shape index (κ2) is 10.3. The molecule has 2 saturated carbocycles. The Bertz CT molecular complexity index is 1340. The number of quaternary nitrogens is 1. The van der Waals surface area contributed by atoms with Crippen LogP contribution in [-0.4, -0.2) is 101 Å². The van der Waals surface area contributed by atoms with E-state index in [4.69, 9.17) is 9.68 Å². The maximum absolute atomic E-state index is 13.6. The van der Waals surface area contributed by atoms with Gasteiger partial charge in [-0.25, -0.2) is 0 Å². The summed E-state index contributed by atoms with van der Waals surface area (Å²) in [7, 11) is 3.63. The van der Waals surface area contributed by atoms with E-state index >= 15 is 0 Å². The summed E-state index contributed by atoms with van der Waals surface area (Å²) in [6.07, 6.45) is -2.08. The highest BCUT2D eigenvalue weighted by Gasteiger charge is 2.77. The van der Waals surface area contributed by atoms with Crippen molar-refractivity contribution in [3.8, 4) is 0 Å². The largest absolute Gasteiger partial charge is 0.385 e. The molecule has 12 atom stereocenters. The number of amides is 4. The number of allylic oxidation sites excluding steroid dienone is 4. The molecule has 0 spiro atoms. The first-order valence-electron chi connectivity index (χ1n) is 17.1. The number of likely N-dealkylation sites (N-methyl/N-ethyl adjacent to an activating group) is 1. The Morgan fingerprint density at radius 2 is 0.830 bits per heavy atom. The zero-order valence-electron chi connectivity index (χ0n) is 30.1. The lowest BCUT2D eigenvalue weighted by molar-refractivity contribution is -0.896. The molecule has 6 aliphatic rings. The van der Waals surface area contributed by atoms with Crippen LogP contribution in [0, 0.1) is 57.2 Å². The smallest absolute Gasteiger partial charge is 0.258 e. The molecule has 11 nitrogen and oxygen atoms in total. The first kappa shape index (κ1) is 34.4. The third-order valence-corrected chi connectivity index (χ3v) is 15.3. The van der Waals surface area contributed by atoms with Crippen molar-refractivity contribution in [2.75, 3.05) is 40.4 Å². The van der Waals surface area contributed by atoms with Gasteiger partial charge in [0.25, 0.3) is 23.6 Å². The molecule has 4 aliphatic carbocycles. The van der Waals surface area contributed by atoms with Gasteiger partial charge in [0.15, 0.2) is 0 Å². The average molecular weight is 657 g/mol. The number of hydrogen-bond donors (Lipinski definition) is 2. The number of hydroxylamine groups is 4. The number of fused-ring (bicyclic) bond motifs is 10. The van der Waals surface area contributed by atoms with Crippen molar-refractivity contribution in [3.05, 3.63) is 22.3 Å². The molecule has 0 aromatic rings. The molecule has 4 bridgehead atoms. The van der Waals surface area contributed by atoms with Crippen LogP contribution >= 0.6 is 0 Å². The summed E-state index contributed by atoms with van der Waals surface area (Å²) in [5, 5.41) is 23.5. The van der Waals surface area contributed by atoms with Gasteiger partial charge in [-0.1, -0.05) is 63.8 Å². The van der Waals surface area contributed by atoms with Crippen LogP contribution in [0.4, 0.5) is 0 Å². The molecule has 260 valence electrons. The number of imide groups is 2. The molecule has 2 aliphatic heterocycles. The Kier molecular flexibility index (Phi) is 7.54. The van der Waals surface area contributed by atoms with Gasteiger partial charge >= 0.3 is 0 Å². The molecule has 8 unspecified atom stereocenters. The molecule has 4 fully saturated rings. The standard InChI is InChI=1S/C36H54N3O8/c1-17-18(2)34(8)21(5)33(17,7)25-26(34)30(43)37(29(25)42)46-15-23(40)13-39(11,12)14-24(41)16-47-38-31(44)27-28(32(38)45)36(10)20(4)19(3)35(27,9)22(36)6/h21-28,40-41H,13-16H2,1-12H3/q+1/t21?,22?,23?,24?,25?,26?,27?,28?,33-,34+,35-,36+. The zero-order chi connectivity index (χ0) is 35.1. The number of rotatable bonds is 10. The van der Waals surface area contributed by atoms with Gasteiger partial charge in [-0.15, -0.1) is 0 Å². The molecular weight excluding hydrogens is 602 g/mol. The van der Waals surface area contributed by atoms with E-state index < -0.39 is 57.5 Å². The van der Waals surface area contributed by atoms with E-state index in [1.54, 1.807) is 0 Å². The van der Waals surface area contributed by atoms with E-state index in [0.29, 0.717) is 0 Å². The number of aliphatic hydroxyl groups excluding tert-OH is 2. The third-order valence-electron chi connectivity index (χ3n) is 15.3. The molecule has 6 rings (SSSR count). The van der Waals surface area contributed by atoms with E-state index in [9.17, 15) is 29.4 Å². The summed E-state index contributed by atoms with van der Waals surface area (Å²) in [5.74, 6) is -3.03. The summed E-state index contributed by atoms with van der Waals surface area (Å²) in [5.41, 5.74) is 3.01. The molecule has 0 aromatic heterocycles. The fraction of sp³-hybridized carbons (Fsp3) is 0.778. The van der Waals surface area contributed by atoms with E-state index in [1.165, 1.54) is 22.3 Å². The van der Waals surface area contributed by atoms with Crippen LogP contribution in [-0.2, 0) is 28.9 Å². The lowest BCUT2D eigenvalue weighted by atomic mass is 9.66. The predicted molar refractivity (Wildman–Crippen MR) is 171 cm³/mol. The van der Waals surface area contributed by atoms with Gasteiger partial charge in [0, 0.05) is 21.7 Å².